The first-order chi connectivity index (χ1) is 22.6. The van der Waals surface area contributed by atoms with Gasteiger partial charge in [0, 0.05) is 19.3 Å². The number of nitrogens with zero attached hydrogens (tertiary/aromatic N) is 3. The third kappa shape index (κ3) is 10.6. The standard InChI is InChI=1S/C37H44N6O4.2ClH/c1-26-18-20-42(21-19-26)35(45)33(30-16-14-29(15-17-30)28-12-8-5-9-13-28)43-22-32(39-25-43)41-34(44)31(40-36(46)37(2,3)38)24-47-23-27-10-6-4-7-11-27;;/h4-17,22,25-26,31,33H,18-21,23-24,38H2,1-3H3,(H,40,46)(H,41,44);2*1H/t31-,33?;;/m1../s1. The Morgan fingerprint density at radius 3 is 2.12 bits per heavy atom. The quantitative estimate of drug-likeness (QED) is 0.175. The fraction of sp³-hybridized carbons (Fsp3) is 0.351. The molecule has 1 unspecified atom stereocenters. The molecule has 0 radical (unpaired) electrons. The Bertz CT molecular complexity index is 1640. The van der Waals surface area contributed by atoms with E-state index in [1.165, 1.54) is 0 Å². The summed E-state index contributed by atoms with van der Waals surface area (Å²) in [6.45, 7) is 6.92. The van der Waals surface area contributed by atoms with Crippen LogP contribution in [0.3, 0.4) is 0 Å². The van der Waals surface area contributed by atoms with Gasteiger partial charge in [0.1, 0.15) is 12.1 Å². The van der Waals surface area contributed by atoms with Crippen LogP contribution in [-0.4, -0.2) is 63.4 Å². The first-order valence-corrected chi connectivity index (χ1v) is 16.1. The number of piperidine rings is 1. The van der Waals surface area contributed by atoms with Crippen LogP contribution in [-0.2, 0) is 25.7 Å². The first-order valence-electron chi connectivity index (χ1n) is 16.1. The summed E-state index contributed by atoms with van der Waals surface area (Å²) in [5.41, 5.74) is 8.69. The number of carbonyl (C=O) groups excluding carboxylic acids is 3. The van der Waals surface area contributed by atoms with Crippen molar-refractivity contribution in [1.82, 2.24) is 19.8 Å². The summed E-state index contributed by atoms with van der Waals surface area (Å²) < 4.78 is 7.54. The minimum absolute atomic E-state index is 0. The minimum atomic E-state index is -1.20. The van der Waals surface area contributed by atoms with Crippen LogP contribution < -0.4 is 16.4 Å². The Morgan fingerprint density at radius 2 is 1.51 bits per heavy atom. The average Bonchev–Trinajstić information content (AvgIpc) is 3.53. The average molecular weight is 710 g/mol. The van der Waals surface area contributed by atoms with Crippen LogP contribution in [0.1, 0.15) is 50.8 Å². The van der Waals surface area contributed by atoms with E-state index in [1.807, 2.05) is 89.8 Å². The lowest BCUT2D eigenvalue weighted by Crippen LogP contribution is -2.56. The van der Waals surface area contributed by atoms with E-state index in [-0.39, 0.29) is 49.8 Å². The monoisotopic (exact) mass is 708 g/mol. The number of aromatic nitrogens is 2. The van der Waals surface area contributed by atoms with Crippen molar-refractivity contribution in [3.63, 3.8) is 0 Å². The van der Waals surface area contributed by atoms with Gasteiger partial charge in [-0.05, 0) is 54.9 Å². The molecule has 1 saturated heterocycles. The van der Waals surface area contributed by atoms with Crippen LogP contribution in [0.4, 0.5) is 5.82 Å². The number of hydrogen-bond donors (Lipinski definition) is 3. The number of benzene rings is 3. The van der Waals surface area contributed by atoms with Crippen LogP contribution in [0.15, 0.2) is 97.5 Å². The molecule has 2 heterocycles. The fourth-order valence-electron chi connectivity index (χ4n) is 5.48. The number of nitrogens with one attached hydrogen (secondary N) is 2. The Kier molecular flexibility index (Phi) is 14.4. The summed E-state index contributed by atoms with van der Waals surface area (Å²) in [5, 5.41) is 5.50. The van der Waals surface area contributed by atoms with Gasteiger partial charge in [0.25, 0.3) is 5.91 Å². The van der Waals surface area contributed by atoms with Crippen LogP contribution >= 0.6 is 24.8 Å². The van der Waals surface area contributed by atoms with Crippen molar-refractivity contribution in [2.24, 2.45) is 11.7 Å². The Morgan fingerprint density at radius 1 is 0.918 bits per heavy atom. The Hall–Kier alpha value is -4.22. The van der Waals surface area contributed by atoms with E-state index >= 15 is 0 Å². The highest BCUT2D eigenvalue weighted by Crippen LogP contribution is 2.28. The van der Waals surface area contributed by atoms with Crippen LogP contribution in [0, 0.1) is 5.92 Å². The summed E-state index contributed by atoms with van der Waals surface area (Å²) in [6, 6.07) is 25.9. The molecule has 3 amide bonds. The van der Waals surface area contributed by atoms with Crippen molar-refractivity contribution in [3.05, 3.63) is 109 Å². The number of likely N-dealkylation sites (tertiary alicyclic amines) is 1. The number of ether oxygens (including phenoxy) is 1. The molecule has 4 N–H and O–H groups in total. The van der Waals surface area contributed by atoms with Crippen molar-refractivity contribution < 1.29 is 19.1 Å². The summed E-state index contributed by atoms with van der Waals surface area (Å²) in [7, 11) is 0. The fourth-order valence-corrected chi connectivity index (χ4v) is 5.48. The molecular weight excluding hydrogens is 663 g/mol. The highest BCUT2D eigenvalue weighted by atomic mass is 35.5. The zero-order valence-electron chi connectivity index (χ0n) is 28.1. The number of anilines is 1. The molecule has 12 heteroatoms. The zero-order chi connectivity index (χ0) is 33.4. The SMILES string of the molecule is CC1CCN(C(=O)C(c2ccc(-c3ccccc3)cc2)n2cnc(NC(=O)[C@@H](COCc3ccccc3)NC(=O)C(C)(C)N)c2)CC1.Cl.Cl. The largest absolute Gasteiger partial charge is 0.374 e. The molecule has 1 aliphatic heterocycles. The van der Waals surface area contributed by atoms with Crippen molar-refractivity contribution >= 4 is 48.4 Å². The van der Waals surface area contributed by atoms with E-state index in [9.17, 15) is 14.4 Å². The van der Waals surface area contributed by atoms with E-state index in [0.717, 1.165) is 35.1 Å². The van der Waals surface area contributed by atoms with Crippen molar-refractivity contribution in [2.75, 3.05) is 25.0 Å². The molecule has 1 fully saturated rings. The van der Waals surface area contributed by atoms with Gasteiger partial charge in [-0.2, -0.15) is 0 Å². The highest BCUT2D eigenvalue weighted by molar-refractivity contribution is 5.98. The van der Waals surface area contributed by atoms with Gasteiger partial charge < -0.3 is 30.6 Å². The maximum atomic E-state index is 14.1. The highest BCUT2D eigenvalue weighted by Gasteiger charge is 2.31. The number of halogens is 2. The summed E-state index contributed by atoms with van der Waals surface area (Å²) in [6.07, 6.45) is 5.11. The minimum Gasteiger partial charge on any atom is -0.374 e. The van der Waals surface area contributed by atoms with Gasteiger partial charge in [-0.15, -0.1) is 24.8 Å². The number of amides is 3. The van der Waals surface area contributed by atoms with Gasteiger partial charge >= 0.3 is 0 Å². The second kappa shape index (κ2) is 18.0. The smallest absolute Gasteiger partial charge is 0.250 e. The number of imidazole rings is 1. The molecular formula is C37H46Cl2N6O4. The maximum Gasteiger partial charge on any atom is 0.250 e. The summed E-state index contributed by atoms with van der Waals surface area (Å²) in [4.78, 5) is 46.6. The molecule has 5 rings (SSSR count). The second-order valence-electron chi connectivity index (χ2n) is 12.8. The van der Waals surface area contributed by atoms with Crippen LogP contribution in [0.2, 0.25) is 0 Å². The molecule has 0 saturated carbocycles. The normalized spacial score (nSPS) is 14.5. The van der Waals surface area contributed by atoms with Gasteiger partial charge in [-0.1, -0.05) is 91.9 Å². The summed E-state index contributed by atoms with van der Waals surface area (Å²) in [5.74, 6) is -0.208. The third-order valence-electron chi connectivity index (χ3n) is 8.42. The molecule has 3 aromatic carbocycles. The van der Waals surface area contributed by atoms with E-state index in [0.29, 0.717) is 19.0 Å². The Labute approximate surface area is 300 Å². The van der Waals surface area contributed by atoms with Crippen molar-refractivity contribution in [1.29, 1.82) is 0 Å². The van der Waals surface area contributed by atoms with Crippen molar-refractivity contribution in [3.8, 4) is 11.1 Å². The molecule has 0 spiro atoms. The van der Waals surface area contributed by atoms with Crippen molar-refractivity contribution in [2.45, 2.75) is 57.8 Å². The number of nitrogens with two attached hydrogens (primary N) is 1. The van der Waals surface area contributed by atoms with Gasteiger partial charge in [-0.3, -0.25) is 14.4 Å². The Balaban J connectivity index is 0.00000325. The lowest BCUT2D eigenvalue weighted by atomic mass is 9.96. The van der Waals surface area contributed by atoms with Crippen LogP contribution in [0.5, 0.6) is 0 Å². The van der Waals surface area contributed by atoms with Gasteiger partial charge in [0.15, 0.2) is 5.82 Å². The lowest BCUT2D eigenvalue weighted by Gasteiger charge is -2.33. The topological polar surface area (TPSA) is 132 Å². The number of carbonyl (C=O) groups is 3. The van der Waals surface area contributed by atoms with E-state index in [4.69, 9.17) is 10.5 Å². The van der Waals surface area contributed by atoms with E-state index in [2.05, 4.69) is 22.5 Å². The molecule has 2 atom stereocenters. The molecule has 49 heavy (non-hydrogen) atoms. The van der Waals surface area contributed by atoms with Gasteiger partial charge in [0.05, 0.1) is 25.1 Å². The van der Waals surface area contributed by atoms with E-state index < -0.39 is 29.4 Å². The number of rotatable bonds is 12. The van der Waals surface area contributed by atoms with Gasteiger partial charge in [-0.25, -0.2) is 4.98 Å². The predicted molar refractivity (Wildman–Crippen MR) is 197 cm³/mol. The molecule has 10 nitrogen and oxygen atoms in total. The van der Waals surface area contributed by atoms with Crippen LogP contribution in [0.25, 0.3) is 11.1 Å². The first kappa shape index (κ1) is 39.2. The maximum absolute atomic E-state index is 14.1. The van der Waals surface area contributed by atoms with Gasteiger partial charge in [0.2, 0.25) is 11.8 Å². The molecule has 262 valence electrons. The molecule has 1 aromatic heterocycles. The molecule has 0 aliphatic carbocycles. The zero-order valence-corrected chi connectivity index (χ0v) is 29.7. The molecule has 4 aromatic rings. The third-order valence-corrected chi connectivity index (χ3v) is 8.42. The second-order valence-corrected chi connectivity index (χ2v) is 12.8. The predicted octanol–water partition coefficient (Wildman–Crippen LogP) is 5.62. The molecule has 0 bridgehead atoms. The molecule has 1 aliphatic rings. The number of hydrogen-bond acceptors (Lipinski definition) is 6. The lowest BCUT2D eigenvalue weighted by molar-refractivity contribution is -0.135. The van der Waals surface area contributed by atoms with E-state index in [1.54, 1.807) is 30.9 Å². The summed E-state index contributed by atoms with van der Waals surface area (Å²) >= 11 is 0.